The molecule has 2 aliphatic heterocycles. The lowest BCUT2D eigenvalue weighted by Gasteiger charge is -2.37. The van der Waals surface area contributed by atoms with E-state index >= 15 is 0 Å². The molecular formula is C20H19BrN2O4. The molecule has 1 atom stereocenters. The Morgan fingerprint density at radius 3 is 2.59 bits per heavy atom. The van der Waals surface area contributed by atoms with Crippen molar-refractivity contribution in [3.63, 3.8) is 0 Å². The Labute approximate surface area is 165 Å². The molecule has 4 rings (SSSR count). The van der Waals surface area contributed by atoms with E-state index in [1.165, 1.54) is 0 Å². The van der Waals surface area contributed by atoms with Crippen LogP contribution in [0, 0.1) is 0 Å². The van der Waals surface area contributed by atoms with Gasteiger partial charge in [-0.3, -0.25) is 9.59 Å². The molecule has 0 spiro atoms. The summed E-state index contributed by atoms with van der Waals surface area (Å²) in [6.07, 6.45) is -0.728. The van der Waals surface area contributed by atoms with Crippen molar-refractivity contribution in [3.8, 4) is 5.75 Å². The number of hydrogen-bond acceptors (Lipinski definition) is 4. The zero-order valence-electron chi connectivity index (χ0n) is 14.6. The van der Waals surface area contributed by atoms with Crippen LogP contribution >= 0.6 is 15.9 Å². The van der Waals surface area contributed by atoms with Crippen LogP contribution in [-0.4, -0.2) is 55.7 Å². The Morgan fingerprint density at radius 1 is 1.04 bits per heavy atom. The highest BCUT2D eigenvalue weighted by Crippen LogP contribution is 2.34. The van der Waals surface area contributed by atoms with Crippen LogP contribution in [0.4, 0.5) is 5.69 Å². The quantitative estimate of drug-likeness (QED) is 0.734. The van der Waals surface area contributed by atoms with Crippen molar-refractivity contribution in [3.05, 3.63) is 58.6 Å². The van der Waals surface area contributed by atoms with Crippen LogP contribution in [0.15, 0.2) is 53.0 Å². The smallest absolute Gasteiger partial charge is 0.265 e. The number of anilines is 1. The van der Waals surface area contributed by atoms with Crippen LogP contribution in [0.5, 0.6) is 5.75 Å². The molecular weight excluding hydrogens is 412 g/mol. The van der Waals surface area contributed by atoms with Gasteiger partial charge in [-0.15, -0.1) is 0 Å². The molecule has 7 heteroatoms. The van der Waals surface area contributed by atoms with E-state index in [0.717, 1.165) is 4.47 Å². The first kappa shape index (κ1) is 18.0. The maximum Gasteiger partial charge on any atom is 0.265 e. The standard InChI is InChI=1S/C20H19BrN2O4/c21-15-5-3-4-14(12-15)19(24)23-13-18(20(25)22-8-10-26-11-9-22)27-17-7-2-1-6-16(17)23/h1-7,12,18H,8-11,13H2. The summed E-state index contributed by atoms with van der Waals surface area (Å²) in [6.45, 7) is 2.31. The first-order valence-corrected chi connectivity index (χ1v) is 9.62. The molecule has 0 radical (unpaired) electrons. The second kappa shape index (κ2) is 7.70. The van der Waals surface area contributed by atoms with Crippen molar-refractivity contribution in [1.82, 2.24) is 4.90 Å². The van der Waals surface area contributed by atoms with Gasteiger partial charge >= 0.3 is 0 Å². The normalized spacial score (nSPS) is 19.2. The second-order valence-corrected chi connectivity index (χ2v) is 7.35. The van der Waals surface area contributed by atoms with E-state index in [1.54, 1.807) is 28.0 Å². The molecule has 2 amide bonds. The van der Waals surface area contributed by atoms with Crippen molar-refractivity contribution in [1.29, 1.82) is 0 Å². The van der Waals surface area contributed by atoms with Crippen molar-refractivity contribution >= 4 is 33.4 Å². The highest BCUT2D eigenvalue weighted by molar-refractivity contribution is 9.10. The van der Waals surface area contributed by atoms with E-state index < -0.39 is 6.10 Å². The number of morpholine rings is 1. The lowest BCUT2D eigenvalue weighted by atomic mass is 10.1. The SMILES string of the molecule is O=C(C1CN(C(=O)c2cccc(Br)c2)c2ccccc2O1)N1CCOCC1. The second-order valence-electron chi connectivity index (χ2n) is 6.44. The van der Waals surface area contributed by atoms with E-state index in [9.17, 15) is 9.59 Å². The van der Waals surface area contributed by atoms with Crippen LogP contribution in [0.25, 0.3) is 0 Å². The fourth-order valence-electron chi connectivity index (χ4n) is 3.32. The highest BCUT2D eigenvalue weighted by Gasteiger charge is 2.36. The van der Waals surface area contributed by atoms with Gasteiger partial charge in [-0.25, -0.2) is 0 Å². The summed E-state index contributed by atoms with van der Waals surface area (Å²) in [4.78, 5) is 29.5. The summed E-state index contributed by atoms with van der Waals surface area (Å²) in [5, 5.41) is 0. The van der Waals surface area contributed by atoms with Gasteiger partial charge in [0.2, 0.25) is 0 Å². The largest absolute Gasteiger partial charge is 0.476 e. The maximum atomic E-state index is 13.2. The van der Waals surface area contributed by atoms with Gasteiger partial charge in [-0.05, 0) is 30.3 Å². The van der Waals surface area contributed by atoms with Gasteiger partial charge in [0.15, 0.2) is 6.10 Å². The molecule has 0 N–H and O–H groups in total. The molecule has 2 heterocycles. The third-order valence-electron chi connectivity index (χ3n) is 4.69. The van der Waals surface area contributed by atoms with E-state index in [2.05, 4.69) is 15.9 Å². The van der Waals surface area contributed by atoms with Crippen molar-refractivity contribution in [2.75, 3.05) is 37.7 Å². The molecule has 1 fully saturated rings. The Bertz CT molecular complexity index is 867. The molecule has 0 saturated carbocycles. The maximum absolute atomic E-state index is 13.2. The first-order valence-electron chi connectivity index (χ1n) is 8.83. The number of hydrogen-bond donors (Lipinski definition) is 0. The van der Waals surface area contributed by atoms with Crippen molar-refractivity contribution in [2.45, 2.75) is 6.10 Å². The zero-order valence-corrected chi connectivity index (χ0v) is 16.2. The number of benzene rings is 2. The molecule has 2 aromatic carbocycles. The summed E-state index contributed by atoms with van der Waals surface area (Å²) in [5.41, 5.74) is 1.23. The Balaban J connectivity index is 1.64. The highest BCUT2D eigenvalue weighted by atomic mass is 79.9. The molecule has 0 aliphatic carbocycles. The molecule has 1 saturated heterocycles. The van der Waals surface area contributed by atoms with Gasteiger partial charge in [0.1, 0.15) is 5.75 Å². The summed E-state index contributed by atoms with van der Waals surface area (Å²) in [7, 11) is 0. The minimum absolute atomic E-state index is 0.111. The summed E-state index contributed by atoms with van der Waals surface area (Å²) in [5.74, 6) is 0.269. The number of nitrogens with zero attached hydrogens (tertiary/aromatic N) is 2. The Hall–Kier alpha value is -2.38. The predicted molar refractivity (Wildman–Crippen MR) is 104 cm³/mol. The fraction of sp³-hybridized carbons (Fsp3) is 0.300. The molecule has 2 aromatic rings. The van der Waals surface area contributed by atoms with E-state index in [0.29, 0.717) is 43.3 Å². The molecule has 140 valence electrons. The first-order chi connectivity index (χ1) is 13.1. The lowest BCUT2D eigenvalue weighted by Crippen LogP contribution is -2.54. The van der Waals surface area contributed by atoms with E-state index in [1.807, 2.05) is 30.3 Å². The minimum Gasteiger partial charge on any atom is -0.476 e. The van der Waals surface area contributed by atoms with Crippen LogP contribution < -0.4 is 9.64 Å². The number of carbonyl (C=O) groups is 2. The summed E-state index contributed by atoms with van der Waals surface area (Å²) < 4.78 is 12.1. The van der Waals surface area contributed by atoms with Crippen LogP contribution in [0.3, 0.4) is 0 Å². The topological polar surface area (TPSA) is 59.1 Å². The predicted octanol–water partition coefficient (Wildman–Crippen LogP) is 2.72. The number of carbonyl (C=O) groups excluding carboxylic acids is 2. The lowest BCUT2D eigenvalue weighted by molar-refractivity contribution is -0.142. The average molecular weight is 431 g/mol. The third-order valence-corrected chi connectivity index (χ3v) is 5.18. The fourth-order valence-corrected chi connectivity index (χ4v) is 3.72. The number of ether oxygens (including phenoxy) is 2. The minimum atomic E-state index is -0.728. The number of rotatable bonds is 2. The zero-order chi connectivity index (χ0) is 18.8. The van der Waals surface area contributed by atoms with Gasteiger partial charge in [0.25, 0.3) is 11.8 Å². The van der Waals surface area contributed by atoms with Crippen LogP contribution in [-0.2, 0) is 9.53 Å². The molecule has 0 aromatic heterocycles. The van der Waals surface area contributed by atoms with Gasteiger partial charge in [-0.1, -0.05) is 34.1 Å². The Morgan fingerprint density at radius 2 is 1.81 bits per heavy atom. The monoisotopic (exact) mass is 430 g/mol. The van der Waals surface area contributed by atoms with E-state index in [4.69, 9.17) is 9.47 Å². The van der Waals surface area contributed by atoms with Crippen LogP contribution in [0.1, 0.15) is 10.4 Å². The molecule has 1 unspecified atom stereocenters. The Kier molecular flexibility index (Phi) is 5.13. The van der Waals surface area contributed by atoms with Crippen molar-refractivity contribution < 1.29 is 19.1 Å². The van der Waals surface area contributed by atoms with Gasteiger partial charge in [0.05, 0.1) is 25.4 Å². The van der Waals surface area contributed by atoms with Gasteiger partial charge in [-0.2, -0.15) is 0 Å². The molecule has 6 nitrogen and oxygen atoms in total. The van der Waals surface area contributed by atoms with Crippen molar-refractivity contribution in [2.24, 2.45) is 0 Å². The summed E-state index contributed by atoms with van der Waals surface area (Å²) in [6, 6.07) is 14.5. The van der Waals surface area contributed by atoms with E-state index in [-0.39, 0.29) is 18.4 Å². The van der Waals surface area contributed by atoms with Gasteiger partial charge < -0.3 is 19.3 Å². The number of amides is 2. The molecule has 27 heavy (non-hydrogen) atoms. The van der Waals surface area contributed by atoms with Gasteiger partial charge in [0, 0.05) is 23.1 Å². The number of para-hydroxylation sites is 2. The molecule has 2 aliphatic rings. The number of halogens is 1. The number of fused-ring (bicyclic) bond motifs is 1. The summed E-state index contributed by atoms with van der Waals surface area (Å²) >= 11 is 3.41. The van der Waals surface area contributed by atoms with Crippen LogP contribution in [0.2, 0.25) is 0 Å². The average Bonchev–Trinajstić information content (AvgIpc) is 2.72. The molecule has 0 bridgehead atoms. The third kappa shape index (κ3) is 3.70.